The third kappa shape index (κ3) is 1.96. The first-order valence-electron chi connectivity index (χ1n) is 5.74. The van der Waals surface area contributed by atoms with Gasteiger partial charge in [-0.1, -0.05) is 37.4 Å². The van der Waals surface area contributed by atoms with Crippen LogP contribution in [0.1, 0.15) is 44.2 Å². The Hall–Kier alpha value is -0.600. The zero-order chi connectivity index (χ0) is 11.8. The number of rotatable bonds is 2. The fourth-order valence-corrected chi connectivity index (χ4v) is 2.93. The molecule has 1 aliphatic carbocycles. The van der Waals surface area contributed by atoms with Crippen molar-refractivity contribution in [3.63, 3.8) is 0 Å². The topological polar surface area (TPSA) is 26.0 Å². The Bertz CT molecular complexity index is 365. The smallest absolute Gasteiger partial charge is 0.129 e. The van der Waals surface area contributed by atoms with E-state index in [4.69, 9.17) is 17.3 Å². The van der Waals surface area contributed by atoms with Crippen LogP contribution in [0.4, 0.5) is 4.39 Å². The summed E-state index contributed by atoms with van der Waals surface area (Å²) in [4.78, 5) is 0. The van der Waals surface area contributed by atoms with Gasteiger partial charge in [0.15, 0.2) is 0 Å². The zero-order valence-electron chi connectivity index (χ0n) is 9.47. The summed E-state index contributed by atoms with van der Waals surface area (Å²) >= 11 is 6.04. The SMILES string of the molecule is CC1([C@H](N)c2c(F)cccc2Cl)CCCC1. The maximum Gasteiger partial charge on any atom is 0.129 e. The van der Waals surface area contributed by atoms with Crippen LogP contribution in [-0.2, 0) is 0 Å². The average molecular weight is 242 g/mol. The minimum absolute atomic E-state index is 0.00810. The maximum atomic E-state index is 13.8. The predicted octanol–water partition coefficient (Wildman–Crippen LogP) is 4.06. The molecule has 1 aliphatic rings. The molecule has 0 aliphatic heterocycles. The summed E-state index contributed by atoms with van der Waals surface area (Å²) in [5.74, 6) is -0.284. The van der Waals surface area contributed by atoms with E-state index in [-0.39, 0.29) is 17.3 Å². The number of nitrogens with two attached hydrogens (primary N) is 1. The minimum Gasteiger partial charge on any atom is -0.323 e. The molecular weight excluding hydrogens is 225 g/mol. The van der Waals surface area contributed by atoms with Crippen molar-refractivity contribution < 1.29 is 4.39 Å². The van der Waals surface area contributed by atoms with Crippen molar-refractivity contribution in [3.05, 3.63) is 34.6 Å². The molecule has 1 aromatic carbocycles. The second kappa shape index (κ2) is 4.34. The van der Waals surface area contributed by atoms with Crippen LogP contribution in [0.5, 0.6) is 0 Å². The third-order valence-electron chi connectivity index (χ3n) is 3.81. The molecule has 88 valence electrons. The van der Waals surface area contributed by atoms with Crippen molar-refractivity contribution in [2.75, 3.05) is 0 Å². The van der Waals surface area contributed by atoms with E-state index in [0.717, 1.165) is 12.8 Å². The van der Waals surface area contributed by atoms with Crippen LogP contribution < -0.4 is 5.73 Å². The Morgan fingerprint density at radius 2 is 2.00 bits per heavy atom. The van der Waals surface area contributed by atoms with E-state index in [1.807, 2.05) is 0 Å². The molecule has 3 heteroatoms. The second-order valence-corrected chi connectivity index (χ2v) is 5.38. The van der Waals surface area contributed by atoms with Gasteiger partial charge in [-0.2, -0.15) is 0 Å². The lowest BCUT2D eigenvalue weighted by molar-refractivity contribution is 0.260. The molecule has 0 saturated heterocycles. The molecular formula is C13H17ClFN. The number of halogens is 2. The Kier molecular flexibility index (Phi) is 3.22. The highest BCUT2D eigenvalue weighted by Gasteiger charge is 2.37. The highest BCUT2D eigenvalue weighted by molar-refractivity contribution is 6.31. The normalized spacial score (nSPS) is 21.0. The fraction of sp³-hybridized carbons (Fsp3) is 0.538. The van der Waals surface area contributed by atoms with Crippen LogP contribution in [0.2, 0.25) is 5.02 Å². The van der Waals surface area contributed by atoms with Gasteiger partial charge in [-0.15, -0.1) is 0 Å². The second-order valence-electron chi connectivity index (χ2n) is 4.97. The van der Waals surface area contributed by atoms with Crippen LogP contribution in [0.25, 0.3) is 0 Å². The molecule has 2 N–H and O–H groups in total. The molecule has 0 heterocycles. The third-order valence-corrected chi connectivity index (χ3v) is 4.14. The van der Waals surface area contributed by atoms with E-state index >= 15 is 0 Å². The van der Waals surface area contributed by atoms with Gasteiger partial charge in [0.1, 0.15) is 5.82 Å². The van der Waals surface area contributed by atoms with Crippen molar-refractivity contribution in [2.45, 2.75) is 38.6 Å². The molecule has 0 spiro atoms. The zero-order valence-corrected chi connectivity index (χ0v) is 10.2. The Labute approximate surface area is 101 Å². The van der Waals surface area contributed by atoms with Gasteiger partial charge in [0.25, 0.3) is 0 Å². The van der Waals surface area contributed by atoms with Gasteiger partial charge in [0.2, 0.25) is 0 Å². The molecule has 16 heavy (non-hydrogen) atoms. The van der Waals surface area contributed by atoms with Crippen molar-refractivity contribution in [1.82, 2.24) is 0 Å². The van der Waals surface area contributed by atoms with Crippen LogP contribution in [0, 0.1) is 11.2 Å². The molecule has 1 atom stereocenters. The van der Waals surface area contributed by atoms with Crippen LogP contribution >= 0.6 is 11.6 Å². The summed E-state index contributed by atoms with van der Waals surface area (Å²) in [5, 5.41) is 0.445. The summed E-state index contributed by atoms with van der Waals surface area (Å²) in [6.07, 6.45) is 4.46. The lowest BCUT2D eigenvalue weighted by Gasteiger charge is -2.32. The quantitative estimate of drug-likeness (QED) is 0.830. The lowest BCUT2D eigenvalue weighted by Crippen LogP contribution is -2.30. The van der Waals surface area contributed by atoms with Crippen molar-refractivity contribution >= 4 is 11.6 Å². The molecule has 0 radical (unpaired) electrons. The van der Waals surface area contributed by atoms with E-state index in [0.29, 0.717) is 10.6 Å². The standard InChI is InChI=1S/C13H17ClFN/c1-13(7-2-3-8-13)12(16)11-9(14)5-4-6-10(11)15/h4-6,12H,2-3,7-8,16H2,1H3/t12-/m1/s1. The van der Waals surface area contributed by atoms with Gasteiger partial charge in [0, 0.05) is 16.6 Å². The van der Waals surface area contributed by atoms with Crippen molar-refractivity contribution in [2.24, 2.45) is 11.1 Å². The fourth-order valence-electron chi connectivity index (χ4n) is 2.65. The van der Waals surface area contributed by atoms with Crippen molar-refractivity contribution in [1.29, 1.82) is 0 Å². The largest absolute Gasteiger partial charge is 0.323 e. The molecule has 2 rings (SSSR count). The Morgan fingerprint density at radius 3 is 2.56 bits per heavy atom. The highest BCUT2D eigenvalue weighted by atomic mass is 35.5. The van der Waals surface area contributed by atoms with E-state index in [1.165, 1.54) is 18.9 Å². The van der Waals surface area contributed by atoms with Crippen LogP contribution in [-0.4, -0.2) is 0 Å². The number of hydrogen-bond donors (Lipinski definition) is 1. The first kappa shape index (κ1) is 11.9. The summed E-state index contributed by atoms with van der Waals surface area (Å²) in [6, 6.07) is 4.45. The highest BCUT2D eigenvalue weighted by Crippen LogP contribution is 2.47. The van der Waals surface area contributed by atoms with Gasteiger partial charge < -0.3 is 5.73 Å². The maximum absolute atomic E-state index is 13.8. The van der Waals surface area contributed by atoms with E-state index in [1.54, 1.807) is 12.1 Å². The van der Waals surface area contributed by atoms with Crippen LogP contribution in [0.15, 0.2) is 18.2 Å². The molecule has 0 unspecified atom stereocenters. The van der Waals surface area contributed by atoms with E-state index < -0.39 is 0 Å². The molecule has 1 aromatic rings. The first-order valence-corrected chi connectivity index (χ1v) is 6.12. The van der Waals surface area contributed by atoms with Crippen LogP contribution in [0.3, 0.4) is 0 Å². The summed E-state index contributed by atoms with van der Waals surface area (Å²) in [5.41, 5.74) is 6.68. The van der Waals surface area contributed by atoms with Gasteiger partial charge in [-0.25, -0.2) is 4.39 Å². The molecule has 1 fully saturated rings. The number of hydrogen-bond acceptors (Lipinski definition) is 1. The van der Waals surface area contributed by atoms with Crippen molar-refractivity contribution in [3.8, 4) is 0 Å². The lowest BCUT2D eigenvalue weighted by atomic mass is 9.77. The minimum atomic E-state index is -0.302. The van der Waals surface area contributed by atoms with E-state index in [2.05, 4.69) is 6.92 Å². The average Bonchev–Trinajstić information content (AvgIpc) is 2.66. The molecule has 1 saturated carbocycles. The molecule has 0 bridgehead atoms. The van der Waals surface area contributed by atoms with Gasteiger partial charge >= 0.3 is 0 Å². The Balaban J connectivity index is 2.36. The predicted molar refractivity (Wildman–Crippen MR) is 64.9 cm³/mol. The Morgan fingerprint density at radius 1 is 1.38 bits per heavy atom. The van der Waals surface area contributed by atoms with E-state index in [9.17, 15) is 4.39 Å². The van der Waals surface area contributed by atoms with Gasteiger partial charge in [0.05, 0.1) is 0 Å². The monoisotopic (exact) mass is 241 g/mol. The summed E-state index contributed by atoms with van der Waals surface area (Å²) in [7, 11) is 0. The van der Waals surface area contributed by atoms with Gasteiger partial charge in [-0.05, 0) is 30.4 Å². The number of benzene rings is 1. The van der Waals surface area contributed by atoms with Gasteiger partial charge in [-0.3, -0.25) is 0 Å². The molecule has 0 amide bonds. The summed E-state index contributed by atoms with van der Waals surface area (Å²) in [6.45, 7) is 2.13. The summed E-state index contributed by atoms with van der Waals surface area (Å²) < 4.78 is 13.8. The molecule has 0 aromatic heterocycles. The first-order chi connectivity index (χ1) is 7.54. The molecule has 1 nitrogen and oxygen atoms in total.